The average molecular weight is 355 g/mol. The summed E-state index contributed by atoms with van der Waals surface area (Å²) in [5.41, 5.74) is 2.54. The molecule has 1 heterocycles. The zero-order valence-electron chi connectivity index (χ0n) is 14.7. The average Bonchev–Trinajstić information content (AvgIpc) is 3.17. The number of amides is 1. The summed E-state index contributed by atoms with van der Waals surface area (Å²) >= 11 is 0. The molecule has 0 saturated carbocycles. The monoisotopic (exact) mass is 355 g/mol. The minimum absolute atomic E-state index is 0.245. The van der Waals surface area contributed by atoms with Crippen molar-refractivity contribution in [1.29, 1.82) is 0 Å². The smallest absolute Gasteiger partial charge is 0.258 e. The Labute approximate surface area is 156 Å². The summed E-state index contributed by atoms with van der Waals surface area (Å²) < 4.78 is 0. The van der Waals surface area contributed by atoms with Crippen LogP contribution in [0.5, 0.6) is 0 Å². The largest absolute Gasteiger partial charge is 0.311 e. The van der Waals surface area contributed by atoms with E-state index in [0.29, 0.717) is 16.8 Å². The topological polar surface area (TPSA) is 66.1 Å². The zero-order chi connectivity index (χ0) is 18.8. The Balaban J connectivity index is 1.75. The lowest BCUT2D eigenvalue weighted by molar-refractivity contribution is 0.0975. The van der Waals surface area contributed by atoms with Crippen LogP contribution < -0.4 is 4.90 Å². The molecule has 0 aliphatic rings. The molecule has 1 N–H and O–H groups in total. The van der Waals surface area contributed by atoms with Crippen LogP contribution in [0.2, 0.25) is 0 Å². The molecule has 0 fully saturated rings. The van der Waals surface area contributed by atoms with E-state index in [9.17, 15) is 9.59 Å². The third-order valence-electron chi connectivity index (χ3n) is 4.54. The minimum Gasteiger partial charge on any atom is -0.311 e. The molecule has 5 nitrogen and oxygen atoms in total. The fourth-order valence-electron chi connectivity index (χ4n) is 3.08. The van der Waals surface area contributed by atoms with Crippen molar-refractivity contribution in [3.8, 4) is 0 Å². The second kappa shape index (κ2) is 6.88. The number of nitrogens with zero attached hydrogens (tertiary/aromatic N) is 2. The van der Waals surface area contributed by atoms with Gasteiger partial charge in [0.25, 0.3) is 5.91 Å². The maximum Gasteiger partial charge on any atom is 0.258 e. The van der Waals surface area contributed by atoms with Gasteiger partial charge in [-0.25, -0.2) is 0 Å². The summed E-state index contributed by atoms with van der Waals surface area (Å²) in [4.78, 5) is 27.7. The number of benzene rings is 3. The predicted molar refractivity (Wildman–Crippen MR) is 105 cm³/mol. The Bertz CT molecular complexity index is 1130. The Morgan fingerprint density at radius 1 is 0.815 bits per heavy atom. The SMILES string of the molecule is CN(C(=O)c1ccccc1C(=O)c1n[nH]c2ccccc12)c1ccccc1. The number of rotatable bonds is 4. The van der Waals surface area contributed by atoms with Gasteiger partial charge in [0.15, 0.2) is 0 Å². The van der Waals surface area contributed by atoms with Gasteiger partial charge in [0, 0.05) is 23.7 Å². The van der Waals surface area contributed by atoms with Crippen molar-refractivity contribution in [2.24, 2.45) is 0 Å². The van der Waals surface area contributed by atoms with Gasteiger partial charge in [-0.15, -0.1) is 0 Å². The molecular formula is C22H17N3O2. The summed E-state index contributed by atoms with van der Waals surface area (Å²) in [7, 11) is 1.70. The van der Waals surface area contributed by atoms with Gasteiger partial charge >= 0.3 is 0 Å². The quantitative estimate of drug-likeness (QED) is 0.561. The van der Waals surface area contributed by atoms with Crippen LogP contribution in [0.15, 0.2) is 78.9 Å². The molecule has 0 atom stereocenters. The highest BCUT2D eigenvalue weighted by Crippen LogP contribution is 2.22. The van der Waals surface area contributed by atoms with Crippen LogP contribution in [0.25, 0.3) is 10.9 Å². The van der Waals surface area contributed by atoms with E-state index >= 15 is 0 Å². The van der Waals surface area contributed by atoms with Crippen LogP contribution in [-0.2, 0) is 0 Å². The number of H-pyrrole nitrogens is 1. The molecule has 1 aromatic heterocycles. The molecule has 132 valence electrons. The summed E-state index contributed by atoms with van der Waals surface area (Å²) in [6.07, 6.45) is 0. The maximum absolute atomic E-state index is 13.2. The first-order chi connectivity index (χ1) is 13.2. The Morgan fingerprint density at radius 2 is 1.44 bits per heavy atom. The molecule has 4 rings (SSSR count). The van der Waals surface area contributed by atoms with E-state index < -0.39 is 0 Å². The molecule has 0 bridgehead atoms. The van der Waals surface area contributed by atoms with Crippen LogP contribution in [-0.4, -0.2) is 28.9 Å². The number of aromatic nitrogens is 2. The van der Waals surface area contributed by atoms with Crippen LogP contribution in [0.3, 0.4) is 0 Å². The fraction of sp³-hybridized carbons (Fsp3) is 0.0455. The highest BCUT2D eigenvalue weighted by Gasteiger charge is 2.23. The Morgan fingerprint density at radius 3 is 2.22 bits per heavy atom. The molecule has 27 heavy (non-hydrogen) atoms. The molecule has 5 heteroatoms. The molecule has 0 spiro atoms. The molecule has 1 amide bonds. The van der Waals surface area contributed by atoms with Crippen LogP contribution >= 0.6 is 0 Å². The molecular weight excluding hydrogens is 338 g/mol. The molecule has 0 unspecified atom stereocenters. The van der Waals surface area contributed by atoms with Gasteiger partial charge in [0.1, 0.15) is 5.69 Å². The molecule has 3 aromatic carbocycles. The standard InChI is InChI=1S/C22H17N3O2/c1-25(15-9-3-2-4-10-15)22(27)17-12-6-5-11-16(17)21(26)20-18-13-7-8-14-19(18)23-24-20/h2-14H,1H3,(H,23,24). The zero-order valence-corrected chi connectivity index (χ0v) is 14.7. The lowest BCUT2D eigenvalue weighted by atomic mass is 9.99. The molecule has 0 saturated heterocycles. The van der Waals surface area contributed by atoms with E-state index in [4.69, 9.17) is 0 Å². The first kappa shape index (κ1) is 16.7. The number of para-hydroxylation sites is 2. The van der Waals surface area contributed by atoms with Gasteiger partial charge in [-0.05, 0) is 24.3 Å². The van der Waals surface area contributed by atoms with E-state index in [1.54, 1.807) is 31.3 Å². The highest BCUT2D eigenvalue weighted by atomic mass is 16.2. The summed E-state index contributed by atoms with van der Waals surface area (Å²) in [5.74, 6) is -0.525. The summed E-state index contributed by atoms with van der Waals surface area (Å²) in [6.45, 7) is 0. The summed E-state index contributed by atoms with van der Waals surface area (Å²) in [5, 5.41) is 7.78. The van der Waals surface area contributed by atoms with Crippen LogP contribution in [0, 0.1) is 0 Å². The van der Waals surface area contributed by atoms with Crippen molar-refractivity contribution in [2.45, 2.75) is 0 Å². The third kappa shape index (κ3) is 3.00. The van der Waals surface area contributed by atoms with Crippen molar-refractivity contribution in [3.05, 3.63) is 95.7 Å². The third-order valence-corrected chi connectivity index (χ3v) is 4.54. The number of nitrogens with one attached hydrogen (secondary N) is 1. The van der Waals surface area contributed by atoms with E-state index in [2.05, 4.69) is 10.2 Å². The van der Waals surface area contributed by atoms with E-state index in [1.165, 1.54) is 4.90 Å². The number of anilines is 1. The van der Waals surface area contributed by atoms with Crippen molar-refractivity contribution in [1.82, 2.24) is 10.2 Å². The predicted octanol–water partition coefficient (Wildman–Crippen LogP) is 4.07. The number of carbonyl (C=O) groups excluding carboxylic acids is 2. The minimum atomic E-state index is -0.280. The van der Waals surface area contributed by atoms with E-state index in [0.717, 1.165) is 16.6 Å². The molecule has 0 aliphatic carbocycles. The first-order valence-corrected chi connectivity index (χ1v) is 8.57. The Hall–Kier alpha value is -3.73. The second-order valence-electron chi connectivity index (χ2n) is 6.19. The summed E-state index contributed by atoms with van der Waals surface area (Å²) in [6, 6.07) is 23.6. The van der Waals surface area contributed by atoms with Crippen molar-refractivity contribution in [2.75, 3.05) is 11.9 Å². The van der Waals surface area contributed by atoms with Crippen molar-refractivity contribution < 1.29 is 9.59 Å². The van der Waals surface area contributed by atoms with Crippen LogP contribution in [0.1, 0.15) is 26.4 Å². The fourth-order valence-corrected chi connectivity index (χ4v) is 3.08. The lowest BCUT2D eigenvalue weighted by Crippen LogP contribution is -2.28. The first-order valence-electron chi connectivity index (χ1n) is 8.57. The van der Waals surface area contributed by atoms with Gasteiger partial charge in [-0.2, -0.15) is 5.10 Å². The number of hydrogen-bond acceptors (Lipinski definition) is 3. The van der Waals surface area contributed by atoms with Crippen molar-refractivity contribution >= 4 is 28.3 Å². The van der Waals surface area contributed by atoms with Gasteiger partial charge in [0.05, 0.1) is 11.1 Å². The van der Waals surface area contributed by atoms with E-state index in [-0.39, 0.29) is 11.7 Å². The van der Waals surface area contributed by atoms with Crippen molar-refractivity contribution in [3.63, 3.8) is 0 Å². The number of ketones is 1. The Kier molecular flexibility index (Phi) is 4.26. The molecule has 0 aliphatic heterocycles. The lowest BCUT2D eigenvalue weighted by Gasteiger charge is -2.18. The molecule has 0 radical (unpaired) electrons. The number of hydrogen-bond donors (Lipinski definition) is 1. The number of fused-ring (bicyclic) bond motifs is 1. The van der Waals surface area contributed by atoms with E-state index in [1.807, 2.05) is 54.6 Å². The second-order valence-corrected chi connectivity index (χ2v) is 6.19. The van der Waals surface area contributed by atoms with Gasteiger partial charge in [0.2, 0.25) is 5.78 Å². The molecule has 4 aromatic rings. The van der Waals surface area contributed by atoms with Crippen LogP contribution in [0.4, 0.5) is 5.69 Å². The van der Waals surface area contributed by atoms with Gasteiger partial charge < -0.3 is 4.90 Å². The number of carbonyl (C=O) groups is 2. The highest BCUT2D eigenvalue weighted by molar-refractivity contribution is 6.20. The maximum atomic E-state index is 13.2. The van der Waals surface area contributed by atoms with Gasteiger partial charge in [-0.3, -0.25) is 14.7 Å². The van der Waals surface area contributed by atoms with Gasteiger partial charge in [-0.1, -0.05) is 54.6 Å². The number of aromatic amines is 1. The normalized spacial score (nSPS) is 10.7.